The van der Waals surface area contributed by atoms with Gasteiger partial charge < -0.3 is 20.1 Å². The first-order valence-corrected chi connectivity index (χ1v) is 11.1. The molecule has 12 nitrogen and oxygen atoms in total. The maximum atomic E-state index is 11.7. The molecule has 0 fully saturated rings. The highest BCUT2D eigenvalue weighted by molar-refractivity contribution is 7.86. The lowest BCUT2D eigenvalue weighted by Crippen LogP contribution is -2.56. The van der Waals surface area contributed by atoms with E-state index in [1.807, 2.05) is 0 Å². The van der Waals surface area contributed by atoms with Crippen molar-refractivity contribution in [3.8, 4) is 0 Å². The zero-order chi connectivity index (χ0) is 20.4. The second kappa shape index (κ2) is 11.2. The van der Waals surface area contributed by atoms with E-state index < -0.39 is 57.7 Å². The molecule has 0 heterocycles. The number of carbonyl (C=O) groups is 2. The van der Waals surface area contributed by atoms with Crippen LogP contribution in [0.1, 0.15) is 13.8 Å². The molecule has 0 aromatic heterocycles. The molecule has 14 heteroatoms. The van der Waals surface area contributed by atoms with Crippen LogP contribution in [0.4, 0.5) is 9.59 Å². The molecule has 0 aliphatic rings. The largest absolute Gasteiger partial charge is 0.450 e. The highest BCUT2D eigenvalue weighted by Gasteiger charge is 2.29. The van der Waals surface area contributed by atoms with Crippen molar-refractivity contribution >= 4 is 32.4 Å². The van der Waals surface area contributed by atoms with Gasteiger partial charge in [-0.15, -0.1) is 0 Å². The predicted octanol–water partition coefficient (Wildman–Crippen LogP) is -0.832. The van der Waals surface area contributed by atoms with Crippen LogP contribution in [0.15, 0.2) is 0 Å². The van der Waals surface area contributed by atoms with Crippen molar-refractivity contribution in [1.29, 1.82) is 0 Å². The molecule has 0 rings (SSSR count). The minimum atomic E-state index is -3.88. The Morgan fingerprint density at radius 2 is 1.08 bits per heavy atom. The molecule has 0 unspecified atom stereocenters. The normalized spacial score (nSPS) is 14.2. The van der Waals surface area contributed by atoms with Crippen LogP contribution < -0.4 is 10.6 Å². The fourth-order valence-electron chi connectivity index (χ4n) is 1.56. The number of hydrogen-bond acceptors (Lipinski definition) is 10. The zero-order valence-electron chi connectivity index (χ0n) is 14.9. The van der Waals surface area contributed by atoms with Crippen molar-refractivity contribution < 1.29 is 44.3 Å². The van der Waals surface area contributed by atoms with Crippen molar-refractivity contribution in [2.24, 2.45) is 0 Å². The third kappa shape index (κ3) is 12.7. The van der Waals surface area contributed by atoms with Gasteiger partial charge in [0, 0.05) is 0 Å². The van der Waals surface area contributed by atoms with E-state index in [0.717, 1.165) is 12.5 Å². The van der Waals surface area contributed by atoms with Crippen molar-refractivity contribution in [3.63, 3.8) is 0 Å². The Balaban J connectivity index is 5.39. The molecule has 2 N–H and O–H groups in total. The lowest BCUT2D eigenvalue weighted by molar-refractivity contribution is 0.119. The topological polar surface area (TPSA) is 163 Å². The standard InChI is InChI=1S/C12H24N2O10S2/c1-5-21-11(15)13-9(7-23-25(3,17)18)10(8-24-26(4,19)20)14-12(16)22-6-2/h9-10H,5-8H2,1-4H3,(H,13,15)(H,14,16)/t9-,10-/m0/s1. The Hall–Kier alpha value is -1.64. The maximum absolute atomic E-state index is 11.7. The van der Waals surface area contributed by atoms with Crippen LogP contribution in [-0.4, -0.2) is 80.0 Å². The highest BCUT2D eigenvalue weighted by atomic mass is 32.2. The molecular formula is C12H24N2O10S2. The summed E-state index contributed by atoms with van der Waals surface area (Å²) in [6.07, 6.45) is -0.279. The van der Waals surface area contributed by atoms with Crippen LogP contribution >= 0.6 is 0 Å². The molecule has 26 heavy (non-hydrogen) atoms. The molecule has 2 amide bonds. The van der Waals surface area contributed by atoms with Crippen molar-refractivity contribution in [2.45, 2.75) is 25.9 Å². The molecule has 0 saturated carbocycles. The number of nitrogens with one attached hydrogen (secondary N) is 2. The van der Waals surface area contributed by atoms with E-state index >= 15 is 0 Å². The number of ether oxygens (including phenoxy) is 2. The van der Waals surface area contributed by atoms with E-state index in [9.17, 15) is 26.4 Å². The fourth-order valence-corrected chi connectivity index (χ4v) is 2.35. The minimum Gasteiger partial charge on any atom is -0.450 e. The third-order valence-corrected chi connectivity index (χ3v) is 3.69. The van der Waals surface area contributed by atoms with Gasteiger partial charge in [-0.2, -0.15) is 16.8 Å². The van der Waals surface area contributed by atoms with Gasteiger partial charge in [-0.25, -0.2) is 9.59 Å². The smallest absolute Gasteiger partial charge is 0.407 e. The fraction of sp³-hybridized carbons (Fsp3) is 0.833. The Morgan fingerprint density at radius 3 is 1.31 bits per heavy atom. The number of carbonyl (C=O) groups excluding carboxylic acids is 2. The third-order valence-electron chi connectivity index (χ3n) is 2.57. The van der Waals surface area contributed by atoms with Crippen molar-refractivity contribution in [2.75, 3.05) is 38.9 Å². The first-order valence-electron chi connectivity index (χ1n) is 7.43. The van der Waals surface area contributed by atoms with E-state index in [-0.39, 0.29) is 13.2 Å². The number of rotatable bonds is 11. The van der Waals surface area contributed by atoms with E-state index in [4.69, 9.17) is 9.47 Å². The highest BCUT2D eigenvalue weighted by Crippen LogP contribution is 2.03. The minimum absolute atomic E-state index is 0.0291. The zero-order valence-corrected chi connectivity index (χ0v) is 16.5. The van der Waals surface area contributed by atoms with E-state index in [2.05, 4.69) is 19.0 Å². The summed E-state index contributed by atoms with van der Waals surface area (Å²) in [7, 11) is -7.76. The van der Waals surface area contributed by atoms with Crippen molar-refractivity contribution in [1.82, 2.24) is 10.6 Å². The second-order valence-electron chi connectivity index (χ2n) is 4.92. The molecule has 0 aliphatic carbocycles. The average Bonchev–Trinajstić information content (AvgIpc) is 2.46. The van der Waals surface area contributed by atoms with E-state index in [1.165, 1.54) is 0 Å². The first-order chi connectivity index (χ1) is 11.9. The Bertz CT molecular complexity index is 603. The lowest BCUT2D eigenvalue weighted by Gasteiger charge is -2.27. The molecule has 2 atom stereocenters. The molecular weight excluding hydrogens is 396 g/mol. The molecule has 0 saturated heterocycles. The summed E-state index contributed by atoms with van der Waals surface area (Å²) in [4.78, 5) is 23.3. The van der Waals surface area contributed by atoms with Gasteiger partial charge >= 0.3 is 12.2 Å². The van der Waals surface area contributed by atoms with Gasteiger partial charge in [-0.05, 0) is 13.8 Å². The Labute approximate surface area is 152 Å². The van der Waals surface area contributed by atoms with Gasteiger partial charge in [-0.3, -0.25) is 8.37 Å². The summed E-state index contributed by atoms with van der Waals surface area (Å²) in [6.45, 7) is 1.93. The van der Waals surface area contributed by atoms with Gasteiger partial charge in [0.25, 0.3) is 20.2 Å². The van der Waals surface area contributed by atoms with Crippen LogP contribution in [0.25, 0.3) is 0 Å². The van der Waals surface area contributed by atoms with Crippen LogP contribution in [0.2, 0.25) is 0 Å². The monoisotopic (exact) mass is 420 g/mol. The molecule has 0 bridgehead atoms. The lowest BCUT2D eigenvalue weighted by atomic mass is 10.1. The predicted molar refractivity (Wildman–Crippen MR) is 89.5 cm³/mol. The summed E-state index contributed by atoms with van der Waals surface area (Å²) in [6, 6.07) is -2.40. The maximum Gasteiger partial charge on any atom is 0.407 e. The van der Waals surface area contributed by atoms with Crippen LogP contribution in [0.3, 0.4) is 0 Å². The summed E-state index contributed by atoms with van der Waals surface area (Å²) in [5, 5.41) is 4.56. The van der Waals surface area contributed by atoms with E-state index in [0.29, 0.717) is 0 Å². The number of amides is 2. The molecule has 0 aliphatic heterocycles. The van der Waals surface area contributed by atoms with Gasteiger partial charge in [0.2, 0.25) is 0 Å². The molecule has 0 spiro atoms. The molecule has 0 aromatic rings. The quantitative estimate of drug-likeness (QED) is 0.403. The van der Waals surface area contributed by atoms with Crippen LogP contribution in [-0.2, 0) is 38.1 Å². The average molecular weight is 420 g/mol. The van der Waals surface area contributed by atoms with Gasteiger partial charge in [0.1, 0.15) is 0 Å². The SMILES string of the molecule is CCOC(=O)N[C@@H](COS(C)(=O)=O)[C@H](COS(C)(=O)=O)NC(=O)OCC. The first kappa shape index (κ1) is 24.4. The summed E-state index contributed by atoms with van der Waals surface area (Å²) >= 11 is 0. The number of hydrogen-bond donors (Lipinski definition) is 2. The van der Waals surface area contributed by atoms with Gasteiger partial charge in [-0.1, -0.05) is 0 Å². The van der Waals surface area contributed by atoms with E-state index in [1.54, 1.807) is 13.8 Å². The Kier molecular flexibility index (Phi) is 10.4. The van der Waals surface area contributed by atoms with Gasteiger partial charge in [0.05, 0.1) is 51.0 Å². The molecule has 0 aromatic carbocycles. The molecule has 0 radical (unpaired) electrons. The number of alkyl carbamates (subject to hydrolysis) is 2. The summed E-state index contributed by atoms with van der Waals surface area (Å²) in [5.41, 5.74) is 0. The van der Waals surface area contributed by atoms with Crippen molar-refractivity contribution in [3.05, 3.63) is 0 Å². The Morgan fingerprint density at radius 1 is 0.769 bits per heavy atom. The van der Waals surface area contributed by atoms with Crippen LogP contribution in [0.5, 0.6) is 0 Å². The van der Waals surface area contributed by atoms with Crippen LogP contribution in [0, 0.1) is 0 Å². The summed E-state index contributed by atoms with van der Waals surface area (Å²) < 4.78 is 63.5. The molecule has 154 valence electrons. The van der Waals surface area contributed by atoms with Gasteiger partial charge in [0.15, 0.2) is 0 Å². The second-order valence-corrected chi connectivity index (χ2v) is 8.21. The summed E-state index contributed by atoms with van der Waals surface area (Å²) in [5.74, 6) is 0.